The number of nitrogens with one attached hydrogen (secondary N) is 4. The number of carboxylic acids is 2. The van der Waals surface area contributed by atoms with Crippen LogP contribution < -0.4 is 55.8 Å². The van der Waals surface area contributed by atoms with Crippen molar-refractivity contribution in [3.8, 4) is 34.5 Å². The molecule has 0 unspecified atom stereocenters. The van der Waals surface area contributed by atoms with Crippen LogP contribution in [0.5, 0.6) is 34.5 Å². The Bertz CT molecular complexity index is 5100. The van der Waals surface area contributed by atoms with Gasteiger partial charge in [-0.3, -0.25) is 29.3 Å². The number of fused-ring (bicyclic) bond motifs is 3. The molecule has 9 N–H and O–H groups in total. The molecule has 0 radical (unpaired) electrons. The first-order valence-electron chi connectivity index (χ1n) is 35.2. The van der Waals surface area contributed by atoms with Crippen LogP contribution in [-0.2, 0) is 57.1 Å². The Labute approximate surface area is 723 Å². The molecule has 3 heterocycles. The van der Waals surface area contributed by atoms with Gasteiger partial charge in [0.25, 0.3) is 11.7 Å². The Morgan fingerprint density at radius 3 is 1.24 bits per heavy atom. The summed E-state index contributed by atoms with van der Waals surface area (Å²) in [6.07, 6.45) is 6.23. The number of carbonyl (C=O) groups is 8. The minimum Gasteiger partial charge on any atom is -0.500 e. The first-order chi connectivity index (χ1) is 56.7. The lowest BCUT2D eigenvalue weighted by atomic mass is 10.1. The normalized spacial score (nSPS) is 9.57. The Morgan fingerprint density at radius 2 is 0.842 bits per heavy atom. The lowest BCUT2D eigenvalue weighted by Crippen LogP contribution is -2.19. The number of benzene rings is 6. The number of hydrogen-bond acceptors (Lipinski definition) is 29. The van der Waals surface area contributed by atoms with Crippen molar-refractivity contribution in [3.63, 3.8) is 0 Å². The molecule has 0 aliphatic carbocycles. The molecule has 9 rings (SSSR count). The highest BCUT2D eigenvalue weighted by Crippen LogP contribution is 2.32. The van der Waals surface area contributed by atoms with Gasteiger partial charge in [0.1, 0.15) is 57.4 Å². The molecule has 120 heavy (non-hydrogen) atoms. The third-order valence-corrected chi connectivity index (χ3v) is 16.8. The number of methoxy groups -OCH3 is 6. The molecule has 0 aliphatic rings. The quantitative estimate of drug-likeness (QED) is 0.00320. The number of H-pyrrole nitrogens is 3. The van der Waals surface area contributed by atoms with Gasteiger partial charge in [0.2, 0.25) is 16.3 Å². The summed E-state index contributed by atoms with van der Waals surface area (Å²) in [5.41, 5.74) is 6.53. The number of aliphatic hydroxyl groups is 1. The number of aromatic amines is 3. The second kappa shape index (κ2) is 58.5. The number of halogens is 4. The van der Waals surface area contributed by atoms with E-state index in [2.05, 4.69) is 93.5 Å². The van der Waals surface area contributed by atoms with E-state index in [1.165, 1.54) is 59.3 Å². The van der Waals surface area contributed by atoms with Crippen LogP contribution in [0.2, 0.25) is 0 Å². The van der Waals surface area contributed by atoms with Crippen molar-refractivity contribution in [2.75, 3.05) is 107 Å². The summed E-state index contributed by atoms with van der Waals surface area (Å²) in [6.45, 7) is 16.3. The standard InChI is InChI=1S/C15H18BrNO5.C13H12BrNO4.C13H13NO4.C11H9NO4.C10H16O5.C7H6BrNO3.C7H8BrNO.C2H4O2.C2H6O.CH4/c1-4-21-14(18)11(15(19)22-5-2)9-17-13-8-10(20-3)6-7-12(13)16;1-3-19-13(17)7-6-15-11-8(14)4-5-9(18-2)10(11)12(7)16;1-3-18-13(16)8-7-14-9-5-4-6-10(17-2)11(9)12(8)15;1-16-8-4-2-3-7-9(8)10(13)6(5-12-7)11(14)15;1-4-13-7-8(9(11)14-5-2)10(12)15-6-3;1-12-5-2-3-6(8)7(4-5)9(10)11;1-10-5-2-3-6(8)7(9)4-5;1-2(3)4;1-2-3;/h6-9,17H,4-5H2,1-3H3;4-6H,3H2,1-2H3,(H,15,16);4-7H,3H2,1-2H3,(H,14,15);2-5H,1H3,(H,12,13)(H,14,15);7H,4-6H2,1-3H3;2-4H,1H3;2-4H,9H2,1H3;1H3,(H,3,4);3H,2H2,1H3;1H4. The zero-order valence-electron chi connectivity index (χ0n) is 67.4. The predicted molar refractivity (Wildman–Crippen MR) is 464 cm³/mol. The highest BCUT2D eigenvalue weighted by Gasteiger charge is 2.24. The van der Waals surface area contributed by atoms with Crippen LogP contribution in [-0.4, -0.2) is 178 Å². The molecule has 0 fully saturated rings. The predicted octanol–water partition coefficient (Wildman–Crippen LogP) is 14.5. The molecule has 0 bridgehead atoms. The molecule has 0 spiro atoms. The van der Waals surface area contributed by atoms with E-state index in [1.54, 1.807) is 155 Å². The fraction of sp³-hybridized carbons (Fsp3) is 0.296. The summed E-state index contributed by atoms with van der Waals surface area (Å²) in [7, 11) is 9.01. The Kier molecular flexibility index (Phi) is 52.5. The third-order valence-electron chi connectivity index (χ3n) is 14.0. The van der Waals surface area contributed by atoms with Crippen molar-refractivity contribution in [1.29, 1.82) is 0 Å². The van der Waals surface area contributed by atoms with E-state index in [9.17, 15) is 58.1 Å². The number of aliphatic hydroxyl groups excluding tert-OH is 1. The van der Waals surface area contributed by atoms with Gasteiger partial charge in [0.05, 0.1) is 143 Å². The lowest BCUT2D eigenvalue weighted by molar-refractivity contribution is -0.385. The van der Waals surface area contributed by atoms with Crippen LogP contribution in [0.1, 0.15) is 101 Å². The number of aromatic nitrogens is 3. The second-order valence-corrected chi connectivity index (χ2v) is 25.2. The second-order valence-electron chi connectivity index (χ2n) is 21.8. The van der Waals surface area contributed by atoms with E-state index in [0.717, 1.165) is 32.4 Å². The average molecular weight is 1940 g/mol. The number of carbonyl (C=O) groups excluding carboxylic acids is 6. The number of aliphatic carboxylic acids is 1. The number of carboxylic acid groups (broad SMARTS) is 2. The minimum absolute atomic E-state index is 0. The zero-order valence-corrected chi connectivity index (χ0v) is 73.7. The van der Waals surface area contributed by atoms with E-state index in [0.29, 0.717) is 78.5 Å². The fourth-order valence-electron chi connectivity index (χ4n) is 8.81. The van der Waals surface area contributed by atoms with Gasteiger partial charge in [-0.25, -0.2) is 33.6 Å². The van der Waals surface area contributed by atoms with Gasteiger partial charge in [-0.15, -0.1) is 0 Å². The number of nitrogens with zero attached hydrogens (tertiary/aromatic N) is 1. The molecule has 0 saturated carbocycles. The molecule has 0 saturated heterocycles. The number of nitro benzene ring substituents is 1. The Morgan fingerprint density at radius 1 is 0.475 bits per heavy atom. The summed E-state index contributed by atoms with van der Waals surface area (Å²) in [5, 5.41) is 38.0. The molecule has 0 amide bonds. The van der Waals surface area contributed by atoms with Gasteiger partial charge in [-0.05, 0) is 192 Å². The van der Waals surface area contributed by atoms with Crippen LogP contribution in [0.3, 0.4) is 0 Å². The molecular weight excluding hydrogens is 1840 g/mol. The molecule has 652 valence electrons. The molecule has 3 aromatic heterocycles. The van der Waals surface area contributed by atoms with E-state index in [4.69, 9.17) is 78.0 Å². The monoisotopic (exact) mass is 1930 g/mol. The smallest absolute Gasteiger partial charge is 0.348 e. The van der Waals surface area contributed by atoms with Crippen LogP contribution in [0.4, 0.5) is 17.1 Å². The van der Waals surface area contributed by atoms with Gasteiger partial charge in [-0.2, -0.15) is 0 Å². The average Bonchev–Trinajstić information content (AvgIpc) is 0.688. The van der Waals surface area contributed by atoms with E-state index in [-0.39, 0.29) is 98.0 Å². The van der Waals surface area contributed by atoms with Crippen molar-refractivity contribution in [3.05, 3.63) is 221 Å². The van der Waals surface area contributed by atoms with E-state index in [1.807, 2.05) is 12.1 Å². The largest absolute Gasteiger partial charge is 0.500 e. The lowest BCUT2D eigenvalue weighted by Gasteiger charge is -2.09. The molecule has 35 nitrogen and oxygen atoms in total. The molecular formula is C81H96Br4N6O29. The number of nitrogen functional groups attached to an aromatic ring is 1. The van der Waals surface area contributed by atoms with E-state index < -0.39 is 63.5 Å². The molecule has 0 aliphatic heterocycles. The number of anilines is 2. The summed E-state index contributed by atoms with van der Waals surface area (Å²) >= 11 is 13.1. The van der Waals surface area contributed by atoms with Crippen molar-refractivity contribution in [1.82, 2.24) is 15.0 Å². The Hall–Kier alpha value is -12.3. The van der Waals surface area contributed by atoms with E-state index >= 15 is 0 Å². The molecule has 39 heteroatoms. The first-order valence-corrected chi connectivity index (χ1v) is 38.3. The number of rotatable bonds is 24. The fourth-order valence-corrected chi connectivity index (χ4v) is 10.3. The maximum atomic E-state index is 12.4. The first kappa shape index (κ1) is 108. The number of ether oxygens (including phenoxy) is 13. The summed E-state index contributed by atoms with van der Waals surface area (Å²) in [4.78, 5) is 144. The van der Waals surface area contributed by atoms with Crippen LogP contribution in [0.25, 0.3) is 32.7 Å². The van der Waals surface area contributed by atoms with Crippen molar-refractivity contribution < 1.29 is 120 Å². The number of nitrogens with two attached hydrogens (primary N) is 1. The molecule has 0 atom stereocenters. The summed E-state index contributed by atoms with van der Waals surface area (Å²) in [6, 6.07) is 29.0. The summed E-state index contributed by atoms with van der Waals surface area (Å²) < 4.78 is 66.7. The SMILES string of the molecule is C.CC(=O)O.CCO.CCOC(=O)C(=CNc1cc(OC)ccc1Br)C(=O)OCC.CCOC(=O)c1c[nH]c2c(Br)ccc(OC)c2c1=O.CCOC(=O)c1c[nH]c2cccc(OC)c2c1=O.CCOC=C(C(=O)OCC)C(=O)OCC.COc1ccc(Br)c(N)c1.COc1ccc(Br)c([N+](=O)[O-])c1.COc1cccc2[nH]cc(C(=O)O)c(=O)c12. The minimum atomic E-state index is -1.26. The summed E-state index contributed by atoms with van der Waals surface area (Å²) in [5.74, 6) is -3.23. The van der Waals surface area contributed by atoms with Gasteiger partial charge in [-0.1, -0.05) is 19.6 Å². The van der Waals surface area contributed by atoms with Crippen molar-refractivity contribution >= 4 is 161 Å². The number of nitro groups is 1. The number of hydrogen-bond donors (Lipinski definition) is 8. The van der Waals surface area contributed by atoms with Gasteiger partial charge >= 0.3 is 41.8 Å². The number of pyridine rings is 3. The highest BCUT2D eigenvalue weighted by atomic mass is 79.9. The van der Waals surface area contributed by atoms with Crippen molar-refractivity contribution in [2.24, 2.45) is 0 Å². The topological polar surface area (TPSA) is 497 Å². The van der Waals surface area contributed by atoms with Crippen LogP contribution >= 0.6 is 63.7 Å². The molecule has 6 aromatic carbocycles. The van der Waals surface area contributed by atoms with Gasteiger partial charge in [0.15, 0.2) is 11.1 Å². The Balaban J connectivity index is 0.00000137. The number of aromatic carboxylic acids is 1. The number of esters is 6. The van der Waals surface area contributed by atoms with Crippen LogP contribution in [0.15, 0.2) is 178 Å². The van der Waals surface area contributed by atoms with Gasteiger partial charge in [0, 0.05) is 69.6 Å². The maximum Gasteiger partial charge on any atom is 0.348 e. The van der Waals surface area contributed by atoms with Crippen molar-refractivity contribution in [2.45, 2.75) is 69.7 Å². The third kappa shape index (κ3) is 35.1. The highest BCUT2D eigenvalue weighted by molar-refractivity contribution is 9.11. The molecule has 9 aromatic rings. The zero-order chi connectivity index (χ0) is 90.0. The maximum absolute atomic E-state index is 12.4. The van der Waals surface area contributed by atoms with Gasteiger partial charge < -0.3 is 103 Å². The van der Waals surface area contributed by atoms with Crippen LogP contribution in [0, 0.1) is 10.1 Å².